The summed E-state index contributed by atoms with van der Waals surface area (Å²) in [5.74, 6) is -2.02. The molecule has 2 rings (SSSR count). The maximum Gasteiger partial charge on any atom is 0.253 e. The summed E-state index contributed by atoms with van der Waals surface area (Å²) in [5.41, 5.74) is 2.06. The molecule has 0 aliphatic heterocycles. The monoisotopic (exact) mass is 1470 g/mol. The molecule has 24 heteroatoms. The quantitative estimate of drug-likeness (QED) is 0.0225. The molecule has 586 valence electrons. The molecular weight excluding hydrogens is 1340 g/mol. The third-order valence-corrected chi connectivity index (χ3v) is 18.2. The van der Waals surface area contributed by atoms with Gasteiger partial charge in [0.2, 0.25) is 41.4 Å². The van der Waals surface area contributed by atoms with Crippen LogP contribution in [0.1, 0.15) is 272 Å². The summed E-state index contributed by atoms with van der Waals surface area (Å²) < 4.78 is 22.2. The highest BCUT2D eigenvalue weighted by Crippen LogP contribution is 2.31. The molecule has 9 amide bonds. The van der Waals surface area contributed by atoms with E-state index in [1.807, 2.05) is 26.0 Å². The third kappa shape index (κ3) is 53.8. The first-order valence-corrected chi connectivity index (χ1v) is 40.3. The normalized spacial score (nSPS) is 11.2. The number of nitriles is 1. The fourth-order valence-electron chi connectivity index (χ4n) is 11.2. The van der Waals surface area contributed by atoms with Crippen molar-refractivity contribution < 1.29 is 62.1 Å². The van der Waals surface area contributed by atoms with Gasteiger partial charge >= 0.3 is 0 Å². The van der Waals surface area contributed by atoms with Crippen molar-refractivity contribution in [2.45, 2.75) is 251 Å². The zero-order chi connectivity index (χ0) is 75.6. The third-order valence-electron chi connectivity index (χ3n) is 17.1. The number of allylic oxidation sites excluding steroid dienone is 1. The van der Waals surface area contributed by atoms with Gasteiger partial charge in [-0.15, -0.1) is 11.8 Å². The highest BCUT2D eigenvalue weighted by atomic mass is 32.2. The molecule has 2 aromatic carbocycles. The Balaban J connectivity index is 1.71. The van der Waals surface area contributed by atoms with Gasteiger partial charge in [-0.1, -0.05) is 194 Å². The minimum Gasteiger partial charge on any atom is -0.379 e. The Morgan fingerprint density at radius 3 is 1.05 bits per heavy atom. The first-order valence-electron chi connectivity index (χ1n) is 39.4. The van der Waals surface area contributed by atoms with Crippen molar-refractivity contribution in [1.29, 1.82) is 5.26 Å². The molecule has 104 heavy (non-hydrogen) atoms. The van der Waals surface area contributed by atoms with Crippen molar-refractivity contribution in [3.63, 3.8) is 0 Å². The van der Waals surface area contributed by atoms with E-state index in [4.69, 9.17) is 18.9 Å². The van der Waals surface area contributed by atoms with E-state index in [0.29, 0.717) is 62.1 Å². The Labute approximate surface area is 627 Å². The van der Waals surface area contributed by atoms with Gasteiger partial charge in [-0.05, 0) is 61.2 Å². The minimum absolute atomic E-state index is 0.0186. The van der Waals surface area contributed by atoms with Crippen LogP contribution >= 0.6 is 11.8 Å². The van der Waals surface area contributed by atoms with E-state index < -0.39 is 5.91 Å². The molecule has 23 nitrogen and oxygen atoms in total. The summed E-state index contributed by atoms with van der Waals surface area (Å²) in [6.07, 6.45) is 36.1. The van der Waals surface area contributed by atoms with E-state index in [2.05, 4.69) is 62.5 Å². The SMILES string of the molecule is CCCCCCCCCCCCCCCC(=O)NCCOCCC(=O)NCCOCCC(=O)NCCN(CCNC(=O)CCOCCNC(=O)CCOCCNC(=O)CCCCCCCCCCCCCCC)C(=O)c1ccc(C(=O)NCCCC(=O)Nc2ccc(C(=CC#N)SC(C)C)cc2)cc1. The zero-order valence-electron chi connectivity index (χ0n) is 63.9. The molecule has 0 aromatic heterocycles. The lowest BCUT2D eigenvalue weighted by Crippen LogP contribution is -2.43. The Morgan fingerprint density at radius 1 is 0.375 bits per heavy atom. The molecule has 0 unspecified atom stereocenters. The van der Waals surface area contributed by atoms with Gasteiger partial charge in [0.1, 0.15) is 0 Å². The van der Waals surface area contributed by atoms with Crippen LogP contribution < -0.4 is 42.5 Å². The standard InChI is InChI=1S/C80H132N10O13S/c1-5-7-9-11-13-15-17-19-21-23-25-27-29-32-72(91)84-52-62-102-60-46-76(95)86-54-64-100-58-44-74(93)82-50-56-90(80(99)69-37-35-68(36-38-69)79(98)88-49-31-34-78(97)89-70-41-39-67(40-42-70)71(43-48-81)104-66(3)4)57-51-83-75(94)45-59-101-65-55-87-77(96)47-61-103-63-53-85-73(92)33-30-28-26-24-22-20-18-16-14-12-10-8-6-2/h35-43,66H,5-34,44-47,49-65H2,1-4H3,(H,82,93)(H,83,94)(H,84,91)(H,85,92)(H,86,95)(H,87,96)(H,88,98)(H,89,97). The van der Waals surface area contributed by atoms with E-state index in [9.17, 15) is 48.4 Å². The van der Waals surface area contributed by atoms with Crippen molar-refractivity contribution >= 4 is 75.5 Å². The van der Waals surface area contributed by atoms with Crippen LogP contribution in [-0.4, -0.2) is 175 Å². The maximum atomic E-state index is 14.0. The van der Waals surface area contributed by atoms with E-state index in [1.165, 1.54) is 176 Å². The van der Waals surface area contributed by atoms with Crippen LogP contribution in [0.25, 0.3) is 4.91 Å². The number of benzene rings is 2. The van der Waals surface area contributed by atoms with Crippen molar-refractivity contribution in [2.75, 3.05) is 117 Å². The van der Waals surface area contributed by atoms with Crippen molar-refractivity contribution in [3.05, 3.63) is 71.3 Å². The lowest BCUT2D eigenvalue weighted by molar-refractivity contribution is -0.124. The number of carbonyl (C=O) groups is 9. The summed E-state index contributed by atoms with van der Waals surface area (Å²) in [7, 11) is 0. The topological polar surface area (TPSA) is 314 Å². The summed E-state index contributed by atoms with van der Waals surface area (Å²) in [6, 6.07) is 15.5. The van der Waals surface area contributed by atoms with Crippen LogP contribution in [-0.2, 0) is 52.5 Å². The van der Waals surface area contributed by atoms with Crippen molar-refractivity contribution in [1.82, 2.24) is 42.1 Å². The number of anilines is 1. The average molecular weight is 1470 g/mol. The number of ether oxygens (including phenoxy) is 4. The average Bonchev–Trinajstić information content (AvgIpc) is 0.852. The second-order valence-corrected chi connectivity index (χ2v) is 28.3. The minimum atomic E-state index is -0.401. The number of amides is 9. The molecule has 0 radical (unpaired) electrons. The van der Waals surface area contributed by atoms with Gasteiger partial charge in [0, 0.05) is 137 Å². The van der Waals surface area contributed by atoms with Crippen LogP contribution in [0.2, 0.25) is 0 Å². The lowest BCUT2D eigenvalue weighted by Gasteiger charge is -2.23. The number of rotatable bonds is 68. The van der Waals surface area contributed by atoms with Gasteiger partial charge < -0.3 is 66.4 Å². The molecule has 0 aliphatic rings. The van der Waals surface area contributed by atoms with Crippen molar-refractivity contribution in [2.24, 2.45) is 0 Å². The predicted molar refractivity (Wildman–Crippen MR) is 416 cm³/mol. The van der Waals surface area contributed by atoms with Crippen LogP contribution in [0.5, 0.6) is 0 Å². The number of carbonyl (C=O) groups excluding carboxylic acids is 9. The number of thioether (sulfide) groups is 1. The largest absolute Gasteiger partial charge is 0.379 e. The number of nitrogens with one attached hydrogen (secondary N) is 8. The molecule has 0 saturated carbocycles. The maximum absolute atomic E-state index is 14.0. The van der Waals surface area contributed by atoms with E-state index in [-0.39, 0.29) is 170 Å². The summed E-state index contributed by atoms with van der Waals surface area (Å²) in [6.45, 7) is 12.0. The van der Waals surface area contributed by atoms with Gasteiger partial charge in [0.15, 0.2) is 0 Å². The van der Waals surface area contributed by atoms with Crippen molar-refractivity contribution in [3.8, 4) is 6.07 Å². The fraction of sp³-hybridized carbons (Fsp3) is 0.700. The highest BCUT2D eigenvalue weighted by molar-refractivity contribution is 8.08. The summed E-state index contributed by atoms with van der Waals surface area (Å²) in [4.78, 5) is 117. The van der Waals surface area contributed by atoms with Gasteiger partial charge in [0.25, 0.3) is 11.8 Å². The predicted octanol–water partition coefficient (Wildman–Crippen LogP) is 12.6. The van der Waals surface area contributed by atoms with Crippen LogP contribution in [0.15, 0.2) is 54.6 Å². The highest BCUT2D eigenvalue weighted by Gasteiger charge is 2.19. The second kappa shape index (κ2) is 65.6. The lowest BCUT2D eigenvalue weighted by atomic mass is 10.0. The van der Waals surface area contributed by atoms with Crippen LogP contribution in [0.4, 0.5) is 5.69 Å². The zero-order valence-corrected chi connectivity index (χ0v) is 64.8. The fourth-order valence-corrected chi connectivity index (χ4v) is 12.1. The molecule has 2 aromatic rings. The van der Waals surface area contributed by atoms with E-state index in [1.54, 1.807) is 23.9 Å². The van der Waals surface area contributed by atoms with Gasteiger partial charge in [-0.2, -0.15) is 5.26 Å². The van der Waals surface area contributed by atoms with Gasteiger partial charge in [-0.25, -0.2) is 0 Å². The molecule has 0 bridgehead atoms. The Morgan fingerprint density at radius 2 is 0.692 bits per heavy atom. The number of hydrogen-bond acceptors (Lipinski definition) is 15. The van der Waals surface area contributed by atoms with E-state index in [0.717, 1.165) is 36.2 Å². The Bertz CT molecular complexity index is 2620. The Kier molecular flexibility index (Phi) is 58.8. The van der Waals surface area contributed by atoms with Gasteiger partial charge in [0.05, 0.1) is 58.9 Å². The smallest absolute Gasteiger partial charge is 0.253 e. The second-order valence-electron chi connectivity index (χ2n) is 26.7. The van der Waals surface area contributed by atoms with Gasteiger partial charge in [-0.3, -0.25) is 43.2 Å². The summed E-state index contributed by atoms with van der Waals surface area (Å²) in [5, 5.41) is 32.1. The molecule has 0 spiro atoms. The van der Waals surface area contributed by atoms with Crippen LogP contribution in [0, 0.1) is 11.3 Å². The first-order chi connectivity index (χ1) is 50.6. The molecule has 8 N–H and O–H groups in total. The first kappa shape index (κ1) is 93.2. The number of nitrogens with zero attached hydrogens (tertiary/aromatic N) is 2. The molecule has 0 atom stereocenters. The molecular formula is C80H132N10O13S. The number of unbranched alkanes of at least 4 members (excludes halogenated alkanes) is 24. The Hall–Kier alpha value is -6.91. The summed E-state index contributed by atoms with van der Waals surface area (Å²) >= 11 is 1.58. The molecule has 0 heterocycles. The number of hydrogen-bond donors (Lipinski definition) is 8. The molecule has 0 saturated heterocycles. The van der Waals surface area contributed by atoms with E-state index >= 15 is 0 Å². The van der Waals surface area contributed by atoms with Crippen LogP contribution in [0.3, 0.4) is 0 Å². The molecule has 0 fully saturated rings. The molecule has 0 aliphatic carbocycles.